The van der Waals surface area contributed by atoms with Gasteiger partial charge in [0.1, 0.15) is 5.78 Å². The highest BCUT2D eigenvalue weighted by molar-refractivity contribution is 5.75. The Kier molecular flexibility index (Phi) is 3.27. The fourth-order valence-electron chi connectivity index (χ4n) is 2.12. The van der Waals surface area contributed by atoms with Crippen molar-refractivity contribution in [2.24, 2.45) is 5.92 Å². The highest BCUT2D eigenvalue weighted by Gasteiger charge is 2.24. The van der Waals surface area contributed by atoms with Crippen molar-refractivity contribution in [1.82, 2.24) is 0 Å². The molecule has 0 amide bonds. The van der Waals surface area contributed by atoms with Gasteiger partial charge in [-0.15, -0.1) is 0 Å². The molecule has 1 heterocycles. The molecule has 0 bridgehead atoms. The van der Waals surface area contributed by atoms with Crippen molar-refractivity contribution in [2.45, 2.75) is 52.2 Å². The predicted octanol–water partition coefficient (Wildman–Crippen LogP) is 2.17. The van der Waals surface area contributed by atoms with Gasteiger partial charge in [-0.2, -0.15) is 0 Å². The van der Waals surface area contributed by atoms with Gasteiger partial charge in [0.2, 0.25) is 0 Å². The van der Waals surface area contributed by atoms with E-state index in [1.54, 1.807) is 6.92 Å². The molecule has 0 N–H and O–H groups in total. The van der Waals surface area contributed by atoms with Crippen LogP contribution in [0.25, 0.3) is 0 Å². The SMILES string of the molecule is CC(=O)CC1CC(C)OC(C)C1. The molecule has 12 heavy (non-hydrogen) atoms. The summed E-state index contributed by atoms with van der Waals surface area (Å²) in [5, 5.41) is 0. The zero-order valence-corrected chi connectivity index (χ0v) is 8.17. The van der Waals surface area contributed by atoms with Crippen LogP contribution in [-0.4, -0.2) is 18.0 Å². The fraction of sp³-hybridized carbons (Fsp3) is 0.900. The topological polar surface area (TPSA) is 26.3 Å². The van der Waals surface area contributed by atoms with Crippen molar-refractivity contribution in [3.05, 3.63) is 0 Å². The summed E-state index contributed by atoms with van der Waals surface area (Å²) in [7, 11) is 0. The van der Waals surface area contributed by atoms with Gasteiger partial charge < -0.3 is 9.53 Å². The first-order valence-corrected chi connectivity index (χ1v) is 4.73. The van der Waals surface area contributed by atoms with Crippen molar-refractivity contribution in [3.63, 3.8) is 0 Å². The van der Waals surface area contributed by atoms with E-state index in [2.05, 4.69) is 13.8 Å². The summed E-state index contributed by atoms with van der Waals surface area (Å²) in [4.78, 5) is 10.9. The molecular weight excluding hydrogens is 152 g/mol. The summed E-state index contributed by atoms with van der Waals surface area (Å²) < 4.78 is 5.59. The highest BCUT2D eigenvalue weighted by Crippen LogP contribution is 2.27. The van der Waals surface area contributed by atoms with Gasteiger partial charge in [0, 0.05) is 6.42 Å². The minimum Gasteiger partial charge on any atom is -0.376 e. The lowest BCUT2D eigenvalue weighted by atomic mass is 9.89. The van der Waals surface area contributed by atoms with Crippen molar-refractivity contribution in [3.8, 4) is 0 Å². The minimum atomic E-state index is 0.307. The van der Waals surface area contributed by atoms with Crippen LogP contribution in [0.5, 0.6) is 0 Å². The number of rotatable bonds is 2. The second-order valence-corrected chi connectivity index (χ2v) is 4.00. The van der Waals surface area contributed by atoms with E-state index < -0.39 is 0 Å². The Morgan fingerprint density at radius 1 is 1.33 bits per heavy atom. The average molecular weight is 170 g/mol. The Bertz CT molecular complexity index is 155. The molecular formula is C10H18O2. The first-order chi connectivity index (χ1) is 5.58. The largest absolute Gasteiger partial charge is 0.376 e. The van der Waals surface area contributed by atoms with Crippen molar-refractivity contribution < 1.29 is 9.53 Å². The molecule has 0 radical (unpaired) electrons. The molecule has 0 saturated carbocycles. The number of hydrogen-bond donors (Lipinski definition) is 0. The Morgan fingerprint density at radius 3 is 2.25 bits per heavy atom. The summed E-state index contributed by atoms with van der Waals surface area (Å²) in [6.45, 7) is 5.84. The van der Waals surface area contributed by atoms with E-state index in [1.807, 2.05) is 0 Å². The summed E-state index contributed by atoms with van der Waals surface area (Å²) >= 11 is 0. The van der Waals surface area contributed by atoms with Crippen molar-refractivity contribution in [2.75, 3.05) is 0 Å². The molecule has 0 aromatic heterocycles. The zero-order valence-electron chi connectivity index (χ0n) is 8.17. The third-order valence-corrected chi connectivity index (χ3v) is 2.37. The molecule has 0 aliphatic carbocycles. The Balaban J connectivity index is 2.38. The molecule has 2 atom stereocenters. The summed E-state index contributed by atoms with van der Waals surface area (Å²) in [6, 6.07) is 0. The fourth-order valence-corrected chi connectivity index (χ4v) is 2.12. The molecule has 1 aliphatic heterocycles. The van der Waals surface area contributed by atoms with E-state index in [1.165, 1.54) is 0 Å². The predicted molar refractivity (Wildman–Crippen MR) is 48.0 cm³/mol. The summed E-state index contributed by atoms with van der Waals surface area (Å²) in [6.07, 6.45) is 3.49. The molecule has 1 rings (SSSR count). The third kappa shape index (κ3) is 2.94. The second kappa shape index (κ2) is 4.04. The molecule has 0 aromatic carbocycles. The Hall–Kier alpha value is -0.370. The molecule has 0 aromatic rings. The van der Waals surface area contributed by atoms with Crippen LogP contribution in [0.1, 0.15) is 40.0 Å². The number of hydrogen-bond acceptors (Lipinski definition) is 2. The van der Waals surface area contributed by atoms with Gasteiger partial charge >= 0.3 is 0 Å². The molecule has 0 spiro atoms. The summed E-state index contributed by atoms with van der Waals surface area (Å²) in [5.41, 5.74) is 0. The zero-order chi connectivity index (χ0) is 9.14. The van der Waals surface area contributed by atoms with E-state index in [0.717, 1.165) is 19.3 Å². The quantitative estimate of drug-likeness (QED) is 0.635. The van der Waals surface area contributed by atoms with E-state index in [4.69, 9.17) is 4.74 Å². The standard InChI is InChI=1S/C10H18O2/c1-7(11)4-10-5-8(2)12-9(3)6-10/h8-10H,4-6H2,1-3H3. The van der Waals surface area contributed by atoms with E-state index in [0.29, 0.717) is 23.9 Å². The number of carbonyl (C=O) groups is 1. The first kappa shape index (κ1) is 9.72. The number of ketones is 1. The molecule has 2 unspecified atom stereocenters. The van der Waals surface area contributed by atoms with Crippen LogP contribution >= 0.6 is 0 Å². The smallest absolute Gasteiger partial charge is 0.130 e. The first-order valence-electron chi connectivity index (χ1n) is 4.73. The van der Waals surface area contributed by atoms with Gasteiger partial charge in [-0.05, 0) is 39.5 Å². The van der Waals surface area contributed by atoms with Gasteiger partial charge in [-0.1, -0.05) is 0 Å². The van der Waals surface area contributed by atoms with Crippen LogP contribution in [0.3, 0.4) is 0 Å². The molecule has 2 nitrogen and oxygen atoms in total. The van der Waals surface area contributed by atoms with Crippen LogP contribution in [0.2, 0.25) is 0 Å². The highest BCUT2D eigenvalue weighted by atomic mass is 16.5. The molecule has 1 aliphatic rings. The molecule has 2 heteroatoms. The Morgan fingerprint density at radius 2 is 1.83 bits per heavy atom. The number of carbonyl (C=O) groups excluding carboxylic acids is 1. The lowest BCUT2D eigenvalue weighted by Gasteiger charge is -2.31. The average Bonchev–Trinajstić information content (AvgIpc) is 1.81. The Labute approximate surface area is 74.3 Å². The monoisotopic (exact) mass is 170 g/mol. The van der Waals surface area contributed by atoms with Crippen LogP contribution < -0.4 is 0 Å². The lowest BCUT2D eigenvalue weighted by molar-refractivity contribution is -0.120. The summed E-state index contributed by atoms with van der Waals surface area (Å²) in [5.74, 6) is 0.863. The maximum Gasteiger partial charge on any atom is 0.130 e. The second-order valence-electron chi connectivity index (χ2n) is 4.00. The lowest BCUT2D eigenvalue weighted by Crippen LogP contribution is -2.30. The van der Waals surface area contributed by atoms with Crippen molar-refractivity contribution >= 4 is 5.78 Å². The van der Waals surface area contributed by atoms with Crippen LogP contribution in [0.4, 0.5) is 0 Å². The third-order valence-electron chi connectivity index (χ3n) is 2.37. The molecule has 1 saturated heterocycles. The molecule has 1 fully saturated rings. The van der Waals surface area contributed by atoms with Crippen LogP contribution in [-0.2, 0) is 9.53 Å². The van der Waals surface area contributed by atoms with Crippen molar-refractivity contribution in [1.29, 1.82) is 0 Å². The number of Topliss-reactive ketones (excluding diaryl/α,β-unsaturated/α-hetero) is 1. The van der Waals surface area contributed by atoms with E-state index in [9.17, 15) is 4.79 Å². The number of ether oxygens (including phenoxy) is 1. The minimum absolute atomic E-state index is 0.307. The van der Waals surface area contributed by atoms with Crippen LogP contribution in [0.15, 0.2) is 0 Å². The molecule has 70 valence electrons. The van der Waals surface area contributed by atoms with Gasteiger partial charge in [0.25, 0.3) is 0 Å². The van der Waals surface area contributed by atoms with Gasteiger partial charge in [0.05, 0.1) is 12.2 Å². The van der Waals surface area contributed by atoms with Gasteiger partial charge in [-0.3, -0.25) is 0 Å². The van der Waals surface area contributed by atoms with E-state index >= 15 is 0 Å². The van der Waals surface area contributed by atoms with Crippen LogP contribution in [0, 0.1) is 5.92 Å². The maximum absolute atomic E-state index is 10.9. The maximum atomic E-state index is 10.9. The normalized spacial score (nSPS) is 36.4. The van der Waals surface area contributed by atoms with E-state index in [-0.39, 0.29) is 0 Å². The van der Waals surface area contributed by atoms with Gasteiger partial charge in [0.15, 0.2) is 0 Å². The van der Waals surface area contributed by atoms with Gasteiger partial charge in [-0.25, -0.2) is 0 Å².